The quantitative estimate of drug-likeness (QED) is 0.790. The fraction of sp³-hybridized carbons (Fsp3) is 0.500. The molecule has 0 aromatic carbocycles. The Kier molecular flexibility index (Phi) is 6.14. The van der Waals surface area contributed by atoms with Crippen LogP contribution in [0.15, 0.2) is 22.9 Å². The molecule has 0 bridgehead atoms. The third-order valence-electron chi connectivity index (χ3n) is 2.50. The molecule has 6 nitrogen and oxygen atoms in total. The second-order valence-electron chi connectivity index (χ2n) is 5.56. The van der Waals surface area contributed by atoms with Crippen molar-refractivity contribution in [2.75, 3.05) is 0 Å². The van der Waals surface area contributed by atoms with Crippen LogP contribution in [-0.2, 0) is 16.0 Å². The number of aryl methyl sites for hydroxylation is 1. The Hall–Kier alpha value is -1.63. The van der Waals surface area contributed by atoms with Crippen LogP contribution in [0.3, 0.4) is 0 Å². The van der Waals surface area contributed by atoms with E-state index < -0.39 is 23.7 Å². The number of hydrogen-bond donors (Lipinski definition) is 2. The second kappa shape index (κ2) is 7.40. The van der Waals surface area contributed by atoms with Gasteiger partial charge in [0.05, 0.1) is 0 Å². The number of hydrogen-bond acceptors (Lipinski definition) is 4. The number of pyridine rings is 1. The lowest BCUT2D eigenvalue weighted by Gasteiger charge is -2.22. The average Bonchev–Trinajstić information content (AvgIpc) is 2.33. The number of nitrogens with one attached hydrogen (secondary N) is 1. The van der Waals surface area contributed by atoms with E-state index in [1.807, 2.05) is 6.07 Å². The molecule has 0 aliphatic heterocycles. The van der Waals surface area contributed by atoms with Gasteiger partial charge in [-0.1, -0.05) is 6.07 Å². The zero-order valence-corrected chi connectivity index (χ0v) is 13.8. The molecular weight excluding hydrogens is 340 g/mol. The fourth-order valence-corrected chi connectivity index (χ4v) is 1.81. The van der Waals surface area contributed by atoms with Crippen LogP contribution in [0.1, 0.15) is 32.8 Å². The van der Waals surface area contributed by atoms with E-state index in [0.29, 0.717) is 11.0 Å². The van der Waals surface area contributed by atoms with Gasteiger partial charge < -0.3 is 15.2 Å². The molecule has 0 saturated carbocycles. The summed E-state index contributed by atoms with van der Waals surface area (Å²) in [5, 5.41) is 11.5. The molecule has 1 aromatic rings. The summed E-state index contributed by atoms with van der Waals surface area (Å²) in [7, 11) is 0. The third kappa shape index (κ3) is 7.08. The Morgan fingerprint density at radius 3 is 2.57 bits per heavy atom. The topological polar surface area (TPSA) is 88.5 Å². The normalized spacial score (nSPS) is 12.6. The van der Waals surface area contributed by atoms with Gasteiger partial charge in [-0.15, -0.1) is 0 Å². The highest BCUT2D eigenvalue weighted by atomic mass is 79.9. The number of alkyl carbamates (subject to hydrolysis) is 1. The van der Waals surface area contributed by atoms with Crippen molar-refractivity contribution in [1.29, 1.82) is 0 Å². The van der Waals surface area contributed by atoms with Gasteiger partial charge in [-0.3, -0.25) is 0 Å². The summed E-state index contributed by atoms with van der Waals surface area (Å²) in [6.45, 7) is 5.15. The molecule has 1 atom stereocenters. The van der Waals surface area contributed by atoms with E-state index in [9.17, 15) is 9.59 Å². The smallest absolute Gasteiger partial charge is 0.408 e. The van der Waals surface area contributed by atoms with Gasteiger partial charge in [-0.25, -0.2) is 14.6 Å². The molecule has 1 rings (SSSR count). The molecule has 7 heteroatoms. The van der Waals surface area contributed by atoms with E-state index in [1.54, 1.807) is 33.0 Å². The van der Waals surface area contributed by atoms with Crippen LogP contribution in [0.2, 0.25) is 0 Å². The van der Waals surface area contributed by atoms with Crippen LogP contribution in [-0.4, -0.2) is 33.8 Å². The molecule has 0 unspecified atom stereocenters. The number of carboxylic acids is 1. The standard InChI is InChI=1S/C14H19BrN2O4/c1-14(2,3)21-13(20)17-10(12(18)19)6-4-9-5-7-11(15)16-8-9/h5,7-8,10H,4,6H2,1-3H3,(H,17,20)(H,18,19)/t10-/m0/s1. The van der Waals surface area contributed by atoms with Gasteiger partial charge in [0, 0.05) is 6.20 Å². The van der Waals surface area contributed by atoms with Crippen molar-refractivity contribution in [3.8, 4) is 0 Å². The molecule has 0 fully saturated rings. The Balaban J connectivity index is 2.56. The number of carbonyl (C=O) groups is 2. The Bertz CT molecular complexity index is 497. The summed E-state index contributed by atoms with van der Waals surface area (Å²) in [5.41, 5.74) is 0.235. The monoisotopic (exact) mass is 358 g/mol. The highest BCUT2D eigenvalue weighted by molar-refractivity contribution is 9.10. The van der Waals surface area contributed by atoms with Gasteiger partial charge in [0.25, 0.3) is 0 Å². The Morgan fingerprint density at radius 2 is 2.10 bits per heavy atom. The first-order chi connectivity index (χ1) is 9.67. The van der Waals surface area contributed by atoms with Gasteiger partial charge in [0.1, 0.15) is 16.2 Å². The number of ether oxygens (including phenoxy) is 1. The maximum Gasteiger partial charge on any atom is 0.408 e. The van der Waals surface area contributed by atoms with Crippen molar-refractivity contribution in [3.05, 3.63) is 28.5 Å². The maximum atomic E-state index is 11.6. The van der Waals surface area contributed by atoms with Gasteiger partial charge in [0.2, 0.25) is 0 Å². The number of carboxylic acid groups (broad SMARTS) is 1. The second-order valence-corrected chi connectivity index (χ2v) is 6.38. The zero-order valence-electron chi connectivity index (χ0n) is 12.2. The summed E-state index contributed by atoms with van der Waals surface area (Å²) in [6.07, 6.45) is 1.69. The molecule has 0 aliphatic rings. The Labute approximate surface area is 132 Å². The minimum Gasteiger partial charge on any atom is -0.480 e. The summed E-state index contributed by atoms with van der Waals surface area (Å²) >= 11 is 3.23. The predicted molar refractivity (Wildman–Crippen MR) is 81.1 cm³/mol. The van der Waals surface area contributed by atoms with Crippen molar-refractivity contribution in [2.45, 2.75) is 45.3 Å². The lowest BCUT2D eigenvalue weighted by molar-refractivity contribution is -0.139. The van der Waals surface area contributed by atoms with Crippen LogP contribution in [0.5, 0.6) is 0 Å². The van der Waals surface area contributed by atoms with Crippen molar-refractivity contribution >= 4 is 28.0 Å². The summed E-state index contributed by atoms with van der Waals surface area (Å²) in [4.78, 5) is 26.9. The van der Waals surface area contributed by atoms with E-state index >= 15 is 0 Å². The summed E-state index contributed by atoms with van der Waals surface area (Å²) in [6, 6.07) is 2.64. The minimum atomic E-state index is -1.09. The van der Waals surface area contributed by atoms with Crippen molar-refractivity contribution in [1.82, 2.24) is 10.3 Å². The number of nitrogens with zero attached hydrogens (tertiary/aromatic N) is 1. The van der Waals surface area contributed by atoms with Gasteiger partial charge in [-0.05, 0) is 61.2 Å². The molecule has 21 heavy (non-hydrogen) atoms. The highest BCUT2D eigenvalue weighted by Crippen LogP contribution is 2.11. The molecule has 1 amide bonds. The largest absolute Gasteiger partial charge is 0.480 e. The molecule has 0 spiro atoms. The first-order valence-corrected chi connectivity index (χ1v) is 7.29. The fourth-order valence-electron chi connectivity index (χ4n) is 1.57. The van der Waals surface area contributed by atoms with E-state index in [1.165, 1.54) is 0 Å². The zero-order chi connectivity index (χ0) is 16.0. The number of rotatable bonds is 5. The number of aromatic nitrogens is 1. The molecule has 0 radical (unpaired) electrons. The van der Waals surface area contributed by atoms with Crippen LogP contribution in [0.25, 0.3) is 0 Å². The number of halogens is 1. The maximum absolute atomic E-state index is 11.6. The predicted octanol–water partition coefficient (Wildman–Crippen LogP) is 2.75. The molecule has 1 aromatic heterocycles. The third-order valence-corrected chi connectivity index (χ3v) is 2.97. The molecule has 2 N–H and O–H groups in total. The Morgan fingerprint density at radius 1 is 1.43 bits per heavy atom. The molecular formula is C14H19BrN2O4. The SMILES string of the molecule is CC(C)(C)OC(=O)N[C@@H](CCc1ccc(Br)nc1)C(=O)O. The van der Waals surface area contributed by atoms with Crippen molar-refractivity contribution < 1.29 is 19.4 Å². The van der Waals surface area contributed by atoms with Gasteiger partial charge in [0.15, 0.2) is 0 Å². The van der Waals surface area contributed by atoms with Crippen molar-refractivity contribution in [2.24, 2.45) is 0 Å². The van der Waals surface area contributed by atoms with E-state index in [-0.39, 0.29) is 6.42 Å². The molecule has 1 heterocycles. The van der Waals surface area contributed by atoms with Gasteiger partial charge in [-0.2, -0.15) is 0 Å². The van der Waals surface area contributed by atoms with E-state index in [4.69, 9.17) is 9.84 Å². The number of amides is 1. The average molecular weight is 359 g/mol. The van der Waals surface area contributed by atoms with Crippen LogP contribution in [0, 0.1) is 0 Å². The molecule has 0 aliphatic carbocycles. The van der Waals surface area contributed by atoms with Crippen LogP contribution >= 0.6 is 15.9 Å². The first-order valence-electron chi connectivity index (χ1n) is 6.50. The first kappa shape index (κ1) is 17.4. The van der Waals surface area contributed by atoms with E-state index in [0.717, 1.165) is 5.56 Å². The molecule has 116 valence electrons. The lowest BCUT2D eigenvalue weighted by Crippen LogP contribution is -2.43. The lowest BCUT2D eigenvalue weighted by atomic mass is 10.1. The summed E-state index contributed by atoms with van der Waals surface area (Å²) in [5.74, 6) is -1.09. The van der Waals surface area contributed by atoms with Crippen LogP contribution < -0.4 is 5.32 Å². The molecule has 0 saturated heterocycles. The number of aliphatic carboxylic acids is 1. The number of carbonyl (C=O) groups excluding carboxylic acids is 1. The highest BCUT2D eigenvalue weighted by Gasteiger charge is 2.23. The van der Waals surface area contributed by atoms with Gasteiger partial charge >= 0.3 is 12.1 Å². The summed E-state index contributed by atoms with van der Waals surface area (Å²) < 4.78 is 5.77. The minimum absolute atomic E-state index is 0.262. The van der Waals surface area contributed by atoms with E-state index in [2.05, 4.69) is 26.2 Å². The van der Waals surface area contributed by atoms with Crippen molar-refractivity contribution in [3.63, 3.8) is 0 Å². The van der Waals surface area contributed by atoms with Crippen LogP contribution in [0.4, 0.5) is 4.79 Å².